The Morgan fingerprint density at radius 3 is 2.40 bits per heavy atom. The van der Waals surface area contributed by atoms with Crippen molar-refractivity contribution in [3.05, 3.63) is 12.2 Å². The topological polar surface area (TPSA) is 0 Å². The van der Waals surface area contributed by atoms with E-state index in [1.807, 2.05) is 6.08 Å². The van der Waals surface area contributed by atoms with Gasteiger partial charge in [-0.05, 0) is 26.8 Å². The minimum absolute atomic E-state index is 0.0939. The molecule has 10 heavy (non-hydrogen) atoms. The Morgan fingerprint density at radius 1 is 1.40 bits per heavy atom. The monoisotopic (exact) mass is 156 g/mol. The molecule has 0 bridgehead atoms. The van der Waals surface area contributed by atoms with Gasteiger partial charge in [0.25, 0.3) is 0 Å². The molecule has 0 atom stereocenters. The summed E-state index contributed by atoms with van der Waals surface area (Å²) in [4.78, 5) is 0. The molecule has 0 N–H and O–H groups in total. The molecule has 0 fully saturated rings. The second kappa shape index (κ2) is 4.41. The van der Waals surface area contributed by atoms with Gasteiger partial charge in [0, 0.05) is 11.3 Å². The van der Waals surface area contributed by atoms with Gasteiger partial charge < -0.3 is 0 Å². The quantitative estimate of drug-likeness (QED) is 0.405. The first-order valence-corrected chi connectivity index (χ1v) is 3.83. The summed E-state index contributed by atoms with van der Waals surface area (Å²) in [6.45, 7) is 6.23. The zero-order valence-corrected chi connectivity index (χ0v) is 7.50. The van der Waals surface area contributed by atoms with Crippen molar-refractivity contribution >= 4 is 11.6 Å². The molecule has 0 aliphatic heterocycles. The van der Waals surface area contributed by atoms with Crippen molar-refractivity contribution in [3.63, 3.8) is 0 Å². The van der Waals surface area contributed by atoms with Crippen LogP contribution in [-0.2, 0) is 0 Å². The average molecular weight is 157 g/mol. The lowest BCUT2D eigenvalue weighted by Crippen LogP contribution is -1.98. The van der Waals surface area contributed by atoms with Gasteiger partial charge in [0.15, 0.2) is 0 Å². The third kappa shape index (κ3) is 7.59. The largest absolute Gasteiger partial charge is 0.122 e. The van der Waals surface area contributed by atoms with Gasteiger partial charge in [0.05, 0.1) is 0 Å². The standard InChI is InChI=1S/C9H13Cl/c1-9(2,3)7-5-4-6-8-10/h4,6H,8H2,1-3H3/b6-4+. The summed E-state index contributed by atoms with van der Waals surface area (Å²) in [6.07, 6.45) is 3.62. The Morgan fingerprint density at radius 2 is 2.00 bits per heavy atom. The van der Waals surface area contributed by atoms with Gasteiger partial charge in [0.1, 0.15) is 0 Å². The lowest BCUT2D eigenvalue weighted by Gasteiger charge is -2.05. The number of hydrogen-bond donors (Lipinski definition) is 0. The van der Waals surface area contributed by atoms with E-state index in [9.17, 15) is 0 Å². The number of alkyl halides is 1. The molecule has 0 aliphatic rings. The Balaban J connectivity index is 3.81. The Kier molecular flexibility index (Phi) is 4.23. The molecule has 0 unspecified atom stereocenters. The molecule has 0 spiro atoms. The molecule has 0 radical (unpaired) electrons. The third-order valence-corrected chi connectivity index (χ3v) is 0.916. The highest BCUT2D eigenvalue weighted by molar-refractivity contribution is 6.18. The molecular weight excluding hydrogens is 144 g/mol. The highest BCUT2D eigenvalue weighted by Crippen LogP contribution is 2.09. The molecule has 0 rings (SSSR count). The predicted octanol–water partition coefficient (Wildman–Crippen LogP) is 2.83. The van der Waals surface area contributed by atoms with Crippen LogP contribution in [0, 0.1) is 17.3 Å². The van der Waals surface area contributed by atoms with E-state index in [0.29, 0.717) is 5.88 Å². The first kappa shape index (κ1) is 9.59. The Hall–Kier alpha value is -0.410. The summed E-state index contributed by atoms with van der Waals surface area (Å²) >= 11 is 5.40. The van der Waals surface area contributed by atoms with Gasteiger partial charge in [0.2, 0.25) is 0 Å². The summed E-state index contributed by atoms with van der Waals surface area (Å²) in [5.74, 6) is 6.51. The van der Waals surface area contributed by atoms with Crippen LogP contribution in [0.15, 0.2) is 12.2 Å². The Bertz CT molecular complexity index is 161. The molecule has 0 aromatic rings. The summed E-state index contributed by atoms with van der Waals surface area (Å²) in [6, 6.07) is 0. The third-order valence-electron chi connectivity index (χ3n) is 0.737. The average Bonchev–Trinajstić information content (AvgIpc) is 1.78. The van der Waals surface area contributed by atoms with E-state index in [-0.39, 0.29) is 5.41 Å². The van der Waals surface area contributed by atoms with Gasteiger partial charge in [-0.3, -0.25) is 0 Å². The van der Waals surface area contributed by atoms with Crippen molar-refractivity contribution in [1.82, 2.24) is 0 Å². The van der Waals surface area contributed by atoms with Crippen LogP contribution in [0.25, 0.3) is 0 Å². The normalized spacial score (nSPS) is 11.2. The van der Waals surface area contributed by atoms with E-state index in [2.05, 4.69) is 32.6 Å². The number of halogens is 1. The van der Waals surface area contributed by atoms with E-state index in [0.717, 1.165) is 0 Å². The van der Waals surface area contributed by atoms with E-state index in [4.69, 9.17) is 11.6 Å². The minimum atomic E-state index is 0.0939. The van der Waals surface area contributed by atoms with Gasteiger partial charge in [-0.2, -0.15) is 0 Å². The van der Waals surface area contributed by atoms with Gasteiger partial charge in [-0.15, -0.1) is 11.6 Å². The molecule has 0 aromatic heterocycles. The van der Waals surface area contributed by atoms with Crippen LogP contribution in [0.4, 0.5) is 0 Å². The van der Waals surface area contributed by atoms with Crippen molar-refractivity contribution in [3.8, 4) is 11.8 Å². The molecule has 0 saturated heterocycles. The molecule has 0 nitrogen and oxygen atoms in total. The maximum Gasteiger partial charge on any atom is 0.0413 e. The molecule has 0 heterocycles. The second-order valence-corrected chi connectivity index (χ2v) is 3.38. The summed E-state index contributed by atoms with van der Waals surface area (Å²) in [7, 11) is 0. The van der Waals surface area contributed by atoms with E-state index < -0.39 is 0 Å². The fraction of sp³-hybridized carbons (Fsp3) is 0.556. The van der Waals surface area contributed by atoms with Crippen molar-refractivity contribution in [1.29, 1.82) is 0 Å². The highest BCUT2D eigenvalue weighted by Gasteiger charge is 2.01. The van der Waals surface area contributed by atoms with Crippen LogP contribution < -0.4 is 0 Å². The van der Waals surface area contributed by atoms with Crippen LogP contribution in [0.3, 0.4) is 0 Å². The lowest BCUT2D eigenvalue weighted by atomic mass is 9.98. The van der Waals surface area contributed by atoms with Gasteiger partial charge >= 0.3 is 0 Å². The van der Waals surface area contributed by atoms with Crippen molar-refractivity contribution < 1.29 is 0 Å². The van der Waals surface area contributed by atoms with E-state index >= 15 is 0 Å². The fourth-order valence-corrected chi connectivity index (χ4v) is 0.451. The summed E-state index contributed by atoms with van der Waals surface area (Å²) in [5, 5.41) is 0. The molecule has 0 saturated carbocycles. The summed E-state index contributed by atoms with van der Waals surface area (Å²) in [5.41, 5.74) is 0.0939. The number of rotatable bonds is 1. The van der Waals surface area contributed by atoms with Crippen LogP contribution in [0.2, 0.25) is 0 Å². The van der Waals surface area contributed by atoms with Crippen molar-refractivity contribution in [2.24, 2.45) is 5.41 Å². The smallest absolute Gasteiger partial charge is 0.0413 e. The van der Waals surface area contributed by atoms with E-state index in [1.165, 1.54) is 0 Å². The lowest BCUT2D eigenvalue weighted by molar-refractivity contribution is 0.571. The van der Waals surface area contributed by atoms with Crippen LogP contribution in [-0.4, -0.2) is 5.88 Å². The second-order valence-electron chi connectivity index (χ2n) is 3.08. The fourth-order valence-electron chi connectivity index (χ4n) is 0.362. The molecule has 1 heteroatoms. The molecule has 0 aliphatic carbocycles. The zero-order chi connectivity index (χ0) is 8.04. The van der Waals surface area contributed by atoms with E-state index in [1.54, 1.807) is 6.08 Å². The maximum absolute atomic E-state index is 5.40. The molecular formula is C9H13Cl. The van der Waals surface area contributed by atoms with Crippen molar-refractivity contribution in [2.45, 2.75) is 20.8 Å². The number of hydrogen-bond acceptors (Lipinski definition) is 0. The molecule has 0 amide bonds. The van der Waals surface area contributed by atoms with Crippen LogP contribution in [0.1, 0.15) is 20.8 Å². The van der Waals surface area contributed by atoms with Crippen LogP contribution >= 0.6 is 11.6 Å². The zero-order valence-electron chi connectivity index (χ0n) is 6.74. The van der Waals surface area contributed by atoms with Crippen molar-refractivity contribution in [2.75, 3.05) is 5.88 Å². The Labute approximate surface area is 68.3 Å². The maximum atomic E-state index is 5.40. The van der Waals surface area contributed by atoms with Gasteiger partial charge in [-0.1, -0.05) is 17.9 Å². The SMILES string of the molecule is CC(C)(C)C#C/C=C/CCl. The number of allylic oxidation sites excluding steroid dienone is 2. The first-order chi connectivity index (χ1) is 4.56. The first-order valence-electron chi connectivity index (χ1n) is 3.30. The highest BCUT2D eigenvalue weighted by atomic mass is 35.5. The molecule has 56 valence electrons. The predicted molar refractivity (Wildman–Crippen MR) is 47.1 cm³/mol. The minimum Gasteiger partial charge on any atom is -0.122 e. The summed E-state index contributed by atoms with van der Waals surface area (Å²) < 4.78 is 0. The van der Waals surface area contributed by atoms with Crippen LogP contribution in [0.5, 0.6) is 0 Å². The van der Waals surface area contributed by atoms with Gasteiger partial charge in [-0.25, -0.2) is 0 Å². The molecule has 0 aromatic carbocycles.